The number of nitrogens with zero attached hydrogens (tertiary/aromatic N) is 2. The number of likely N-dealkylation sites (N-methyl/N-ethyl adjacent to an activating group) is 1. The van der Waals surface area contributed by atoms with Crippen LogP contribution in [0.2, 0.25) is 0 Å². The van der Waals surface area contributed by atoms with E-state index >= 15 is 0 Å². The van der Waals surface area contributed by atoms with Crippen LogP contribution in [0.3, 0.4) is 0 Å². The zero-order chi connectivity index (χ0) is 16.5. The number of aliphatic imine (C=N–C) groups is 1. The molecule has 24 heavy (non-hydrogen) atoms. The van der Waals surface area contributed by atoms with Gasteiger partial charge in [0.1, 0.15) is 12.4 Å². The molecule has 0 spiro atoms. The van der Waals surface area contributed by atoms with Gasteiger partial charge in [-0.3, -0.25) is 4.99 Å². The standard InChI is InChI=1S/C17H22FN3O2.HI/c1-19-17(20-10-9-14-6-5-12-22-14)21(2)11-13-23-16-8-4-3-7-15(16)18;/h3-8,12H,9-11,13H2,1-2H3,(H,19,20);1H. The molecule has 0 bridgehead atoms. The zero-order valence-electron chi connectivity index (χ0n) is 13.9. The van der Waals surface area contributed by atoms with Crippen molar-refractivity contribution in [2.75, 3.05) is 33.8 Å². The molecular weight excluding hydrogens is 424 g/mol. The third-order valence-corrected chi connectivity index (χ3v) is 3.33. The van der Waals surface area contributed by atoms with Crippen molar-refractivity contribution in [2.45, 2.75) is 6.42 Å². The number of furan rings is 1. The average Bonchev–Trinajstić information content (AvgIpc) is 3.06. The molecule has 0 unspecified atom stereocenters. The van der Waals surface area contributed by atoms with Crippen LogP contribution in [-0.4, -0.2) is 44.7 Å². The van der Waals surface area contributed by atoms with Gasteiger partial charge in [-0.2, -0.15) is 0 Å². The van der Waals surface area contributed by atoms with E-state index in [4.69, 9.17) is 9.15 Å². The Morgan fingerprint density at radius 3 is 2.75 bits per heavy atom. The first kappa shape index (κ1) is 20.3. The molecule has 1 heterocycles. The minimum absolute atomic E-state index is 0. The second kappa shape index (κ2) is 10.9. The molecule has 0 saturated heterocycles. The molecule has 5 nitrogen and oxygen atoms in total. The van der Waals surface area contributed by atoms with E-state index in [1.807, 2.05) is 24.1 Å². The molecule has 7 heteroatoms. The molecule has 2 rings (SSSR count). The predicted molar refractivity (Wildman–Crippen MR) is 104 cm³/mol. The number of rotatable bonds is 7. The van der Waals surface area contributed by atoms with E-state index in [9.17, 15) is 4.39 Å². The molecule has 0 aliphatic heterocycles. The first-order valence-corrected chi connectivity index (χ1v) is 7.52. The monoisotopic (exact) mass is 447 g/mol. The molecular formula is C17H23FIN3O2. The summed E-state index contributed by atoms with van der Waals surface area (Å²) in [5.41, 5.74) is 0. The zero-order valence-corrected chi connectivity index (χ0v) is 16.2. The number of guanidine groups is 1. The Kier molecular flexibility index (Phi) is 9.21. The Labute approximate surface area is 158 Å². The third kappa shape index (κ3) is 6.38. The highest BCUT2D eigenvalue weighted by Gasteiger charge is 2.07. The summed E-state index contributed by atoms with van der Waals surface area (Å²) >= 11 is 0. The largest absolute Gasteiger partial charge is 0.489 e. The van der Waals surface area contributed by atoms with Gasteiger partial charge < -0.3 is 19.4 Å². The first-order chi connectivity index (χ1) is 11.2. The maximum absolute atomic E-state index is 13.5. The van der Waals surface area contributed by atoms with Crippen LogP contribution in [0.4, 0.5) is 4.39 Å². The lowest BCUT2D eigenvalue weighted by Gasteiger charge is -2.22. The fraction of sp³-hybridized carbons (Fsp3) is 0.353. The molecule has 0 saturated carbocycles. The fourth-order valence-electron chi connectivity index (χ4n) is 2.10. The SMILES string of the molecule is CN=C(NCCc1ccco1)N(C)CCOc1ccccc1F.I. The van der Waals surface area contributed by atoms with Gasteiger partial charge in [0.05, 0.1) is 12.8 Å². The summed E-state index contributed by atoms with van der Waals surface area (Å²) in [6, 6.07) is 10.2. The topological polar surface area (TPSA) is 50.0 Å². The molecule has 0 aliphatic carbocycles. The van der Waals surface area contributed by atoms with Crippen LogP contribution in [0.25, 0.3) is 0 Å². The molecule has 0 amide bonds. The van der Waals surface area contributed by atoms with Crippen molar-refractivity contribution in [3.8, 4) is 5.75 Å². The Hall–Kier alpha value is -1.77. The second-order valence-corrected chi connectivity index (χ2v) is 5.00. The van der Waals surface area contributed by atoms with Crippen LogP contribution >= 0.6 is 24.0 Å². The normalized spacial score (nSPS) is 10.9. The highest BCUT2D eigenvalue weighted by atomic mass is 127. The highest BCUT2D eigenvalue weighted by Crippen LogP contribution is 2.14. The van der Waals surface area contributed by atoms with Gasteiger partial charge in [-0.1, -0.05) is 12.1 Å². The van der Waals surface area contributed by atoms with Gasteiger partial charge in [-0.15, -0.1) is 24.0 Å². The number of halogens is 2. The highest BCUT2D eigenvalue weighted by molar-refractivity contribution is 14.0. The van der Waals surface area contributed by atoms with Gasteiger partial charge in [0.2, 0.25) is 0 Å². The molecule has 2 aromatic rings. The van der Waals surface area contributed by atoms with Crippen molar-refractivity contribution in [3.05, 3.63) is 54.2 Å². The fourth-order valence-corrected chi connectivity index (χ4v) is 2.10. The van der Waals surface area contributed by atoms with E-state index in [1.165, 1.54) is 6.07 Å². The van der Waals surface area contributed by atoms with Crippen molar-refractivity contribution in [2.24, 2.45) is 4.99 Å². The van der Waals surface area contributed by atoms with Gasteiger partial charge >= 0.3 is 0 Å². The summed E-state index contributed by atoms with van der Waals surface area (Å²) in [7, 11) is 3.64. The van der Waals surface area contributed by atoms with E-state index < -0.39 is 0 Å². The molecule has 1 aromatic heterocycles. The molecule has 132 valence electrons. The van der Waals surface area contributed by atoms with Crippen LogP contribution in [0.15, 0.2) is 52.1 Å². The number of hydrogen-bond acceptors (Lipinski definition) is 3. The van der Waals surface area contributed by atoms with Crippen LogP contribution in [0.1, 0.15) is 5.76 Å². The number of hydrogen-bond donors (Lipinski definition) is 1. The van der Waals surface area contributed by atoms with E-state index in [2.05, 4.69) is 10.3 Å². The van der Waals surface area contributed by atoms with Crippen molar-refractivity contribution in [1.29, 1.82) is 0 Å². The summed E-state index contributed by atoms with van der Waals surface area (Å²) in [5, 5.41) is 3.25. The Morgan fingerprint density at radius 1 is 1.29 bits per heavy atom. The summed E-state index contributed by atoms with van der Waals surface area (Å²) in [6.45, 7) is 1.68. The molecule has 0 radical (unpaired) electrons. The van der Waals surface area contributed by atoms with Crippen molar-refractivity contribution in [1.82, 2.24) is 10.2 Å². The Morgan fingerprint density at radius 2 is 2.08 bits per heavy atom. The summed E-state index contributed by atoms with van der Waals surface area (Å²) in [4.78, 5) is 6.15. The number of benzene rings is 1. The Balaban J connectivity index is 0.00000288. The summed E-state index contributed by atoms with van der Waals surface area (Å²) < 4.78 is 24.2. The lowest BCUT2D eigenvalue weighted by atomic mass is 10.3. The molecule has 1 aromatic carbocycles. The maximum Gasteiger partial charge on any atom is 0.193 e. The van der Waals surface area contributed by atoms with E-state index in [1.54, 1.807) is 31.5 Å². The first-order valence-electron chi connectivity index (χ1n) is 7.52. The minimum atomic E-state index is -0.351. The van der Waals surface area contributed by atoms with Crippen LogP contribution < -0.4 is 10.1 Å². The van der Waals surface area contributed by atoms with E-state index in [0.717, 1.165) is 24.7 Å². The van der Waals surface area contributed by atoms with Crippen molar-refractivity contribution >= 4 is 29.9 Å². The quantitative estimate of drug-likeness (QED) is 0.403. The van der Waals surface area contributed by atoms with Gasteiger partial charge in [0.25, 0.3) is 0 Å². The van der Waals surface area contributed by atoms with Gasteiger partial charge in [0, 0.05) is 27.1 Å². The number of nitrogens with one attached hydrogen (secondary N) is 1. The second-order valence-electron chi connectivity index (χ2n) is 5.00. The Bertz CT molecular complexity index is 620. The summed E-state index contributed by atoms with van der Waals surface area (Å²) in [6.07, 6.45) is 2.45. The molecule has 0 aliphatic rings. The predicted octanol–water partition coefficient (Wildman–Crippen LogP) is 3.17. The smallest absolute Gasteiger partial charge is 0.193 e. The lowest BCUT2D eigenvalue weighted by Crippen LogP contribution is -2.41. The van der Waals surface area contributed by atoms with Crippen molar-refractivity contribution < 1.29 is 13.5 Å². The van der Waals surface area contributed by atoms with Gasteiger partial charge in [0.15, 0.2) is 17.5 Å². The lowest BCUT2D eigenvalue weighted by molar-refractivity contribution is 0.270. The molecule has 1 N–H and O–H groups in total. The van der Waals surface area contributed by atoms with Crippen molar-refractivity contribution in [3.63, 3.8) is 0 Å². The third-order valence-electron chi connectivity index (χ3n) is 3.33. The van der Waals surface area contributed by atoms with Crippen LogP contribution in [0, 0.1) is 5.82 Å². The van der Waals surface area contributed by atoms with E-state index in [0.29, 0.717) is 13.2 Å². The number of ether oxygens (including phenoxy) is 1. The maximum atomic E-state index is 13.5. The average molecular weight is 447 g/mol. The summed E-state index contributed by atoms with van der Waals surface area (Å²) in [5.74, 6) is 1.60. The van der Waals surface area contributed by atoms with Gasteiger partial charge in [-0.25, -0.2) is 4.39 Å². The van der Waals surface area contributed by atoms with E-state index in [-0.39, 0.29) is 35.5 Å². The minimum Gasteiger partial charge on any atom is -0.489 e. The molecule has 0 atom stereocenters. The van der Waals surface area contributed by atoms with Gasteiger partial charge in [-0.05, 0) is 24.3 Å². The molecule has 0 fully saturated rings. The number of para-hydroxylation sites is 1. The van der Waals surface area contributed by atoms with Crippen LogP contribution in [-0.2, 0) is 6.42 Å². The van der Waals surface area contributed by atoms with Crippen LogP contribution in [0.5, 0.6) is 5.75 Å².